The van der Waals surface area contributed by atoms with E-state index in [-0.39, 0.29) is 0 Å². The molecule has 1 aromatic rings. The number of hydrogen-bond acceptors (Lipinski definition) is 4. The van der Waals surface area contributed by atoms with Gasteiger partial charge >= 0.3 is 0 Å². The van der Waals surface area contributed by atoms with Crippen LogP contribution in [0.1, 0.15) is 18.5 Å². The molecule has 1 N–H and O–H groups in total. The van der Waals surface area contributed by atoms with Crippen molar-refractivity contribution in [1.82, 2.24) is 25.2 Å². The third-order valence-corrected chi connectivity index (χ3v) is 3.62. The van der Waals surface area contributed by atoms with E-state index >= 15 is 0 Å². The highest BCUT2D eigenvalue weighted by Gasteiger charge is 2.22. The number of aromatic nitrogens is 3. The quantitative estimate of drug-likeness (QED) is 0.788. The Morgan fingerprint density at radius 2 is 2.12 bits per heavy atom. The van der Waals surface area contributed by atoms with E-state index in [9.17, 15) is 0 Å². The van der Waals surface area contributed by atoms with Gasteiger partial charge in [-0.3, -0.25) is 4.68 Å². The largest absolute Gasteiger partial charge is 0.314 e. The molecule has 0 radical (unpaired) electrons. The zero-order valence-corrected chi connectivity index (χ0v) is 10.3. The molecule has 0 atom stereocenters. The fourth-order valence-electron chi connectivity index (χ4n) is 2.31. The molecule has 2 fully saturated rings. The van der Waals surface area contributed by atoms with Gasteiger partial charge < -0.3 is 10.2 Å². The molecule has 0 aromatic carbocycles. The second-order valence-corrected chi connectivity index (χ2v) is 5.22. The summed E-state index contributed by atoms with van der Waals surface area (Å²) in [5, 5.41) is 11.8. The van der Waals surface area contributed by atoms with Crippen LogP contribution in [0.5, 0.6) is 0 Å². The lowest BCUT2D eigenvalue weighted by Crippen LogP contribution is -2.44. The molecule has 17 heavy (non-hydrogen) atoms. The monoisotopic (exact) mass is 235 g/mol. The number of hydrogen-bond donors (Lipinski definition) is 1. The van der Waals surface area contributed by atoms with Crippen molar-refractivity contribution in [2.75, 3.05) is 32.7 Å². The van der Waals surface area contributed by atoms with Gasteiger partial charge in [-0.05, 0) is 18.8 Å². The number of rotatable bonds is 5. The lowest BCUT2D eigenvalue weighted by atomic mass is 10.3. The summed E-state index contributed by atoms with van der Waals surface area (Å²) in [5.74, 6) is 0.873. The molecule has 2 aliphatic rings. The Morgan fingerprint density at radius 1 is 1.29 bits per heavy atom. The van der Waals surface area contributed by atoms with Crippen molar-refractivity contribution < 1.29 is 0 Å². The molecule has 0 unspecified atom stereocenters. The summed E-state index contributed by atoms with van der Waals surface area (Å²) in [4.78, 5) is 2.50. The Hall–Kier alpha value is -0.940. The molecular formula is C12H21N5. The van der Waals surface area contributed by atoms with Crippen molar-refractivity contribution in [2.45, 2.75) is 25.8 Å². The second kappa shape index (κ2) is 5.14. The molecule has 3 rings (SSSR count). The number of piperazine rings is 1. The van der Waals surface area contributed by atoms with Crippen molar-refractivity contribution in [3.05, 3.63) is 11.9 Å². The average molecular weight is 235 g/mol. The van der Waals surface area contributed by atoms with Crippen LogP contribution in [-0.2, 0) is 13.0 Å². The molecule has 1 saturated carbocycles. The van der Waals surface area contributed by atoms with Gasteiger partial charge in [-0.1, -0.05) is 5.21 Å². The molecule has 0 amide bonds. The Balaban J connectivity index is 1.45. The maximum atomic E-state index is 4.25. The van der Waals surface area contributed by atoms with E-state index in [1.54, 1.807) is 0 Å². The Bertz CT molecular complexity index is 352. The minimum absolute atomic E-state index is 0.873. The molecule has 0 bridgehead atoms. The summed E-state index contributed by atoms with van der Waals surface area (Å²) in [5.41, 5.74) is 1.14. The van der Waals surface area contributed by atoms with Crippen LogP contribution in [0.2, 0.25) is 0 Å². The first-order valence-corrected chi connectivity index (χ1v) is 6.72. The zero-order valence-electron chi connectivity index (χ0n) is 10.3. The van der Waals surface area contributed by atoms with Crippen LogP contribution in [0, 0.1) is 5.92 Å². The predicted molar refractivity (Wildman–Crippen MR) is 65.8 cm³/mol. The maximum Gasteiger partial charge on any atom is 0.0839 e. The molecule has 2 heterocycles. The average Bonchev–Trinajstić information content (AvgIpc) is 3.06. The summed E-state index contributed by atoms with van der Waals surface area (Å²) >= 11 is 0. The van der Waals surface area contributed by atoms with Gasteiger partial charge in [-0.2, -0.15) is 0 Å². The molecular weight excluding hydrogens is 214 g/mol. The molecule has 1 aromatic heterocycles. The molecule has 1 saturated heterocycles. The first-order valence-electron chi connectivity index (χ1n) is 6.72. The van der Waals surface area contributed by atoms with E-state index in [4.69, 9.17) is 0 Å². The summed E-state index contributed by atoms with van der Waals surface area (Å²) in [7, 11) is 0. The van der Waals surface area contributed by atoms with Crippen molar-refractivity contribution in [3.8, 4) is 0 Å². The van der Waals surface area contributed by atoms with Crippen LogP contribution in [0.15, 0.2) is 6.20 Å². The molecule has 1 aliphatic carbocycles. The summed E-state index contributed by atoms with van der Waals surface area (Å²) < 4.78 is 2.02. The highest BCUT2D eigenvalue weighted by Crippen LogP contribution is 2.30. The van der Waals surface area contributed by atoms with Crippen molar-refractivity contribution in [2.24, 2.45) is 5.92 Å². The molecule has 5 nitrogen and oxygen atoms in total. The fourth-order valence-corrected chi connectivity index (χ4v) is 2.31. The SMILES string of the molecule is c1c(CCN2CCNCC2)nnn1CC1CC1. The van der Waals surface area contributed by atoms with E-state index in [1.807, 2.05) is 4.68 Å². The minimum Gasteiger partial charge on any atom is -0.314 e. The van der Waals surface area contributed by atoms with Crippen LogP contribution < -0.4 is 5.32 Å². The lowest BCUT2D eigenvalue weighted by molar-refractivity contribution is 0.243. The van der Waals surface area contributed by atoms with E-state index in [2.05, 4.69) is 26.7 Å². The summed E-state index contributed by atoms with van der Waals surface area (Å²) in [6.07, 6.45) is 5.90. The molecule has 94 valence electrons. The van der Waals surface area contributed by atoms with E-state index in [1.165, 1.54) is 12.8 Å². The van der Waals surface area contributed by atoms with Gasteiger partial charge in [0.05, 0.1) is 5.69 Å². The van der Waals surface area contributed by atoms with E-state index in [0.717, 1.165) is 57.3 Å². The number of nitrogens with one attached hydrogen (secondary N) is 1. The summed E-state index contributed by atoms with van der Waals surface area (Å²) in [6.45, 7) is 6.75. The Labute approximate surface area is 102 Å². The molecule has 1 aliphatic heterocycles. The highest BCUT2D eigenvalue weighted by molar-refractivity contribution is 4.94. The predicted octanol–water partition coefficient (Wildman–Crippen LogP) is 0.136. The first kappa shape index (κ1) is 11.2. The van der Waals surface area contributed by atoms with Crippen LogP contribution >= 0.6 is 0 Å². The summed E-state index contributed by atoms with van der Waals surface area (Å²) in [6, 6.07) is 0. The highest BCUT2D eigenvalue weighted by atomic mass is 15.4. The van der Waals surface area contributed by atoms with Crippen molar-refractivity contribution in [1.29, 1.82) is 0 Å². The standard InChI is InChI=1S/C12H21N5/c1-2-11(1)9-17-10-12(14-15-17)3-6-16-7-4-13-5-8-16/h10-11,13H,1-9H2. The first-order chi connectivity index (χ1) is 8.40. The molecule has 5 heteroatoms. The van der Waals surface area contributed by atoms with Gasteiger partial charge in [0, 0.05) is 51.9 Å². The van der Waals surface area contributed by atoms with Crippen LogP contribution in [-0.4, -0.2) is 52.6 Å². The van der Waals surface area contributed by atoms with Gasteiger partial charge in [-0.25, -0.2) is 0 Å². The van der Waals surface area contributed by atoms with E-state index < -0.39 is 0 Å². The van der Waals surface area contributed by atoms with Gasteiger partial charge in [0.2, 0.25) is 0 Å². The van der Waals surface area contributed by atoms with Gasteiger partial charge in [0.1, 0.15) is 0 Å². The van der Waals surface area contributed by atoms with Gasteiger partial charge in [-0.15, -0.1) is 5.10 Å². The topological polar surface area (TPSA) is 46.0 Å². The van der Waals surface area contributed by atoms with Crippen molar-refractivity contribution >= 4 is 0 Å². The zero-order chi connectivity index (χ0) is 11.5. The third kappa shape index (κ3) is 3.26. The smallest absolute Gasteiger partial charge is 0.0839 e. The van der Waals surface area contributed by atoms with E-state index in [0.29, 0.717) is 0 Å². The third-order valence-electron chi connectivity index (χ3n) is 3.62. The Kier molecular flexibility index (Phi) is 3.38. The van der Waals surface area contributed by atoms with Gasteiger partial charge in [0.15, 0.2) is 0 Å². The van der Waals surface area contributed by atoms with Crippen LogP contribution in [0.3, 0.4) is 0 Å². The van der Waals surface area contributed by atoms with Crippen molar-refractivity contribution in [3.63, 3.8) is 0 Å². The fraction of sp³-hybridized carbons (Fsp3) is 0.833. The normalized spacial score (nSPS) is 21.9. The second-order valence-electron chi connectivity index (χ2n) is 5.22. The lowest BCUT2D eigenvalue weighted by Gasteiger charge is -2.26. The minimum atomic E-state index is 0.873. The van der Waals surface area contributed by atoms with Gasteiger partial charge in [0.25, 0.3) is 0 Å². The maximum absolute atomic E-state index is 4.25. The van der Waals surface area contributed by atoms with Crippen LogP contribution in [0.25, 0.3) is 0 Å². The van der Waals surface area contributed by atoms with Crippen LogP contribution in [0.4, 0.5) is 0 Å². The molecule has 0 spiro atoms. The number of nitrogens with zero attached hydrogens (tertiary/aromatic N) is 4. The Morgan fingerprint density at radius 3 is 2.88 bits per heavy atom.